The molecule has 1 aromatic carbocycles. The molecule has 0 bridgehead atoms. The van der Waals surface area contributed by atoms with E-state index in [9.17, 15) is 8.42 Å². The highest BCUT2D eigenvalue weighted by Crippen LogP contribution is 2.33. The number of hydrogen-bond donors (Lipinski definition) is 1. The standard InChI is InChI=1S/C18H27ClO5S/c1-5-17(24-13-14-6-8-16(23-4)9-7-14)18(2,3)12-15(19)10-11-25(20,21)22/h5-9,15,17H,1,10-13H2,2-4H3,(H,20,21,22)/t15?,17-/m0/s1. The van der Waals surface area contributed by atoms with Crippen LogP contribution in [-0.4, -0.2) is 37.3 Å². The van der Waals surface area contributed by atoms with Crippen molar-refractivity contribution >= 4 is 21.7 Å². The Kier molecular flexibility index (Phi) is 8.41. The number of alkyl halides is 1. The lowest BCUT2D eigenvalue weighted by molar-refractivity contribution is -0.00799. The summed E-state index contributed by atoms with van der Waals surface area (Å²) in [5.41, 5.74) is 0.678. The maximum atomic E-state index is 10.8. The van der Waals surface area contributed by atoms with Gasteiger partial charge in [0, 0.05) is 5.38 Å². The summed E-state index contributed by atoms with van der Waals surface area (Å²) in [6, 6.07) is 7.61. The van der Waals surface area contributed by atoms with Crippen LogP contribution in [0.15, 0.2) is 36.9 Å². The van der Waals surface area contributed by atoms with Gasteiger partial charge >= 0.3 is 0 Å². The van der Waals surface area contributed by atoms with Crippen LogP contribution in [-0.2, 0) is 21.5 Å². The van der Waals surface area contributed by atoms with Crippen molar-refractivity contribution in [1.29, 1.82) is 0 Å². The van der Waals surface area contributed by atoms with Crippen molar-refractivity contribution < 1.29 is 22.4 Å². The first-order valence-corrected chi connectivity index (χ1v) is 10.1. The molecular formula is C18H27ClO5S. The molecule has 5 nitrogen and oxygen atoms in total. The zero-order valence-electron chi connectivity index (χ0n) is 14.9. The van der Waals surface area contributed by atoms with E-state index in [2.05, 4.69) is 6.58 Å². The molecule has 1 aromatic rings. The molecule has 0 fully saturated rings. The van der Waals surface area contributed by atoms with Gasteiger partial charge in [-0.05, 0) is 36.0 Å². The summed E-state index contributed by atoms with van der Waals surface area (Å²) in [4.78, 5) is 0. The molecule has 1 rings (SSSR count). The molecule has 1 N–H and O–H groups in total. The van der Waals surface area contributed by atoms with Crippen LogP contribution in [0.2, 0.25) is 0 Å². The fourth-order valence-corrected chi connectivity index (χ4v) is 3.80. The quantitative estimate of drug-likeness (QED) is 0.350. The summed E-state index contributed by atoms with van der Waals surface area (Å²) < 4.78 is 41.6. The van der Waals surface area contributed by atoms with Crippen LogP contribution in [0.1, 0.15) is 32.3 Å². The second-order valence-corrected chi connectivity index (χ2v) is 8.87. The molecule has 0 spiro atoms. The summed E-state index contributed by atoms with van der Waals surface area (Å²) in [6.45, 7) is 8.25. The van der Waals surface area contributed by atoms with Crippen LogP contribution >= 0.6 is 11.6 Å². The predicted octanol–water partition coefficient (Wildman–Crippen LogP) is 4.07. The molecule has 0 aliphatic carbocycles. The molecule has 1 unspecified atom stereocenters. The lowest BCUT2D eigenvalue weighted by Gasteiger charge is -2.34. The van der Waals surface area contributed by atoms with Gasteiger partial charge in [-0.2, -0.15) is 8.42 Å². The van der Waals surface area contributed by atoms with Gasteiger partial charge in [0.2, 0.25) is 0 Å². The summed E-state index contributed by atoms with van der Waals surface area (Å²) in [5.74, 6) is 0.441. The zero-order chi connectivity index (χ0) is 19.1. The fourth-order valence-electron chi connectivity index (χ4n) is 2.59. The van der Waals surface area contributed by atoms with Crippen molar-refractivity contribution in [2.75, 3.05) is 12.9 Å². The summed E-state index contributed by atoms with van der Waals surface area (Å²) in [5, 5.41) is -0.385. The monoisotopic (exact) mass is 390 g/mol. The van der Waals surface area contributed by atoms with Crippen molar-refractivity contribution in [3.63, 3.8) is 0 Å². The minimum atomic E-state index is -4.00. The fraction of sp³-hybridized carbons (Fsp3) is 0.556. The van der Waals surface area contributed by atoms with E-state index < -0.39 is 10.1 Å². The van der Waals surface area contributed by atoms with Gasteiger partial charge in [-0.25, -0.2) is 0 Å². The number of rotatable bonds is 11. The number of benzene rings is 1. The van der Waals surface area contributed by atoms with Gasteiger partial charge in [0.25, 0.3) is 10.1 Å². The van der Waals surface area contributed by atoms with Gasteiger partial charge in [0.05, 0.1) is 25.6 Å². The van der Waals surface area contributed by atoms with Gasteiger partial charge in [-0.3, -0.25) is 4.55 Å². The second kappa shape index (κ2) is 9.57. The molecular weight excluding hydrogens is 364 g/mol. The summed E-state index contributed by atoms with van der Waals surface area (Å²) in [7, 11) is -2.38. The Labute approximate surface area is 155 Å². The number of hydrogen-bond acceptors (Lipinski definition) is 4. The molecule has 0 aromatic heterocycles. The van der Waals surface area contributed by atoms with Crippen molar-refractivity contribution in [2.45, 2.75) is 44.8 Å². The van der Waals surface area contributed by atoms with Crippen LogP contribution in [0.5, 0.6) is 5.75 Å². The molecule has 0 radical (unpaired) electrons. The van der Waals surface area contributed by atoms with Gasteiger partial charge in [-0.1, -0.05) is 32.1 Å². The highest BCUT2D eigenvalue weighted by atomic mass is 35.5. The SMILES string of the molecule is C=C[C@H](OCc1ccc(OC)cc1)C(C)(C)CC(Cl)CCS(=O)(=O)O. The molecule has 0 saturated carbocycles. The van der Waals surface area contributed by atoms with Gasteiger partial charge in [0.15, 0.2) is 0 Å². The average molecular weight is 391 g/mol. The predicted molar refractivity (Wildman–Crippen MR) is 101 cm³/mol. The van der Waals surface area contributed by atoms with E-state index in [4.69, 9.17) is 25.6 Å². The molecule has 0 aliphatic heterocycles. The Morgan fingerprint density at radius 3 is 2.40 bits per heavy atom. The third kappa shape index (κ3) is 8.23. The smallest absolute Gasteiger partial charge is 0.264 e. The largest absolute Gasteiger partial charge is 0.497 e. The Morgan fingerprint density at radius 1 is 1.32 bits per heavy atom. The Balaban J connectivity index is 2.61. The third-order valence-corrected chi connectivity index (χ3v) is 5.13. The molecule has 142 valence electrons. The van der Waals surface area contributed by atoms with Gasteiger partial charge in [0.1, 0.15) is 5.75 Å². The Morgan fingerprint density at radius 2 is 1.92 bits per heavy atom. The highest BCUT2D eigenvalue weighted by molar-refractivity contribution is 7.85. The van der Waals surface area contributed by atoms with Crippen molar-refractivity contribution in [3.8, 4) is 5.75 Å². The van der Waals surface area contributed by atoms with E-state index in [-0.39, 0.29) is 29.1 Å². The summed E-state index contributed by atoms with van der Waals surface area (Å²) >= 11 is 6.24. The molecule has 0 saturated heterocycles. The zero-order valence-corrected chi connectivity index (χ0v) is 16.5. The summed E-state index contributed by atoms with van der Waals surface area (Å²) in [6.07, 6.45) is 2.20. The third-order valence-electron chi connectivity index (χ3n) is 4.01. The lowest BCUT2D eigenvalue weighted by atomic mass is 9.81. The number of methoxy groups -OCH3 is 1. The normalized spacial score (nSPS) is 14.8. The molecule has 0 aliphatic rings. The van der Waals surface area contributed by atoms with Crippen molar-refractivity contribution in [2.24, 2.45) is 5.41 Å². The van der Waals surface area contributed by atoms with Crippen LogP contribution in [0, 0.1) is 5.41 Å². The van der Waals surface area contributed by atoms with Crippen LogP contribution in [0.3, 0.4) is 0 Å². The maximum absolute atomic E-state index is 10.8. The molecule has 0 amide bonds. The van der Waals surface area contributed by atoms with E-state index in [1.807, 2.05) is 38.1 Å². The number of halogens is 1. The lowest BCUT2D eigenvalue weighted by Crippen LogP contribution is -2.33. The first kappa shape index (κ1) is 22.0. The van der Waals surface area contributed by atoms with Crippen LogP contribution in [0.25, 0.3) is 0 Å². The molecule has 2 atom stereocenters. The minimum absolute atomic E-state index is 0.187. The topological polar surface area (TPSA) is 72.8 Å². The van der Waals surface area contributed by atoms with E-state index in [0.29, 0.717) is 13.0 Å². The van der Waals surface area contributed by atoms with Crippen LogP contribution in [0.4, 0.5) is 0 Å². The van der Waals surface area contributed by atoms with Crippen molar-refractivity contribution in [1.82, 2.24) is 0 Å². The van der Waals surface area contributed by atoms with E-state index >= 15 is 0 Å². The average Bonchev–Trinajstić information content (AvgIpc) is 2.53. The van der Waals surface area contributed by atoms with E-state index in [1.165, 1.54) is 0 Å². The maximum Gasteiger partial charge on any atom is 0.264 e. The Hall–Kier alpha value is -1.08. The Bertz CT molecular complexity index is 640. The van der Waals surface area contributed by atoms with E-state index in [0.717, 1.165) is 11.3 Å². The van der Waals surface area contributed by atoms with E-state index in [1.54, 1.807) is 13.2 Å². The first-order valence-electron chi connectivity index (χ1n) is 8.03. The van der Waals surface area contributed by atoms with Gasteiger partial charge in [-0.15, -0.1) is 18.2 Å². The highest BCUT2D eigenvalue weighted by Gasteiger charge is 2.31. The molecule has 7 heteroatoms. The number of ether oxygens (including phenoxy) is 2. The van der Waals surface area contributed by atoms with Gasteiger partial charge < -0.3 is 9.47 Å². The minimum Gasteiger partial charge on any atom is -0.497 e. The second-order valence-electron chi connectivity index (χ2n) is 6.68. The van der Waals surface area contributed by atoms with Crippen molar-refractivity contribution in [3.05, 3.63) is 42.5 Å². The molecule has 0 heterocycles. The molecule has 25 heavy (non-hydrogen) atoms. The van der Waals surface area contributed by atoms with Crippen LogP contribution < -0.4 is 4.74 Å². The first-order chi connectivity index (χ1) is 11.6.